The highest BCUT2D eigenvalue weighted by atomic mass is 16.5. The fraction of sp³-hybridized carbons (Fsp3) is 0.269. The maximum absolute atomic E-state index is 12.5. The topological polar surface area (TPSA) is 156 Å². The van der Waals surface area contributed by atoms with E-state index in [4.69, 9.17) is 25.4 Å². The number of hydrogen-bond acceptors (Lipinski definition) is 10. The van der Waals surface area contributed by atoms with Crippen molar-refractivity contribution in [2.75, 3.05) is 42.3 Å². The fourth-order valence-corrected chi connectivity index (χ4v) is 3.85. The van der Waals surface area contributed by atoms with Gasteiger partial charge in [-0.15, -0.1) is 0 Å². The quantitative estimate of drug-likeness (QED) is 0.422. The summed E-state index contributed by atoms with van der Waals surface area (Å²) in [6.45, 7) is 5.74. The van der Waals surface area contributed by atoms with Gasteiger partial charge < -0.3 is 20.7 Å². The molecule has 4 heterocycles. The standard InChI is InChI=1S/C26H25N9O2/c1-26(2,15-27)24(36)32-19-5-3-4-16(10-19)17-11-20-21(29-12-17)23(35-6-8-37-9-7-35)34-22(33-20)18-13-30-25(28)31-14-18/h3-5,10-14H,6-9H2,1-2H3,(H,32,36)(H2,28,30,31). The Morgan fingerprint density at radius 2 is 1.78 bits per heavy atom. The number of anilines is 3. The van der Waals surface area contributed by atoms with Crippen molar-refractivity contribution >= 4 is 34.4 Å². The van der Waals surface area contributed by atoms with Gasteiger partial charge in [-0.25, -0.2) is 19.9 Å². The molecule has 37 heavy (non-hydrogen) atoms. The highest BCUT2D eigenvalue weighted by molar-refractivity contribution is 5.97. The molecule has 3 N–H and O–H groups in total. The lowest BCUT2D eigenvalue weighted by molar-refractivity contribution is -0.121. The van der Waals surface area contributed by atoms with Gasteiger partial charge in [0.15, 0.2) is 11.6 Å². The number of morpholine rings is 1. The number of nitrogens with zero attached hydrogens (tertiary/aromatic N) is 7. The van der Waals surface area contributed by atoms with E-state index >= 15 is 0 Å². The molecule has 0 saturated carbocycles. The number of benzene rings is 1. The number of fused-ring (bicyclic) bond motifs is 1. The number of aromatic nitrogens is 5. The summed E-state index contributed by atoms with van der Waals surface area (Å²) < 4.78 is 5.52. The number of pyridine rings is 1. The van der Waals surface area contributed by atoms with Gasteiger partial charge in [0, 0.05) is 42.9 Å². The molecule has 0 unspecified atom stereocenters. The van der Waals surface area contributed by atoms with E-state index in [0.717, 1.165) is 11.1 Å². The van der Waals surface area contributed by atoms with Gasteiger partial charge in [-0.05, 0) is 37.6 Å². The Morgan fingerprint density at radius 1 is 1.05 bits per heavy atom. The fourth-order valence-electron chi connectivity index (χ4n) is 3.85. The molecule has 0 atom stereocenters. The maximum Gasteiger partial charge on any atom is 0.244 e. The van der Waals surface area contributed by atoms with Crippen molar-refractivity contribution in [2.24, 2.45) is 5.41 Å². The van der Waals surface area contributed by atoms with E-state index in [-0.39, 0.29) is 11.9 Å². The molecule has 1 saturated heterocycles. The number of hydrogen-bond donors (Lipinski definition) is 2. The minimum absolute atomic E-state index is 0.173. The van der Waals surface area contributed by atoms with Crippen LogP contribution in [0.15, 0.2) is 48.9 Å². The van der Waals surface area contributed by atoms with Gasteiger partial charge in [0.25, 0.3) is 0 Å². The minimum atomic E-state index is -1.14. The first kappa shape index (κ1) is 24.0. The van der Waals surface area contributed by atoms with Crippen molar-refractivity contribution in [2.45, 2.75) is 13.8 Å². The van der Waals surface area contributed by atoms with Crippen LogP contribution < -0.4 is 16.0 Å². The van der Waals surface area contributed by atoms with Gasteiger partial charge in [-0.3, -0.25) is 9.78 Å². The zero-order valence-corrected chi connectivity index (χ0v) is 20.5. The van der Waals surface area contributed by atoms with E-state index < -0.39 is 5.41 Å². The molecule has 5 rings (SSSR count). The summed E-state index contributed by atoms with van der Waals surface area (Å²) in [5.74, 6) is 0.980. The van der Waals surface area contributed by atoms with Gasteiger partial charge in [0.05, 0.1) is 30.4 Å². The Morgan fingerprint density at radius 3 is 2.51 bits per heavy atom. The van der Waals surface area contributed by atoms with Crippen LogP contribution in [0.1, 0.15) is 13.8 Å². The zero-order valence-electron chi connectivity index (χ0n) is 20.5. The molecular weight excluding hydrogens is 470 g/mol. The van der Waals surface area contributed by atoms with Crippen LogP contribution >= 0.6 is 0 Å². The van der Waals surface area contributed by atoms with Crippen molar-refractivity contribution in [3.63, 3.8) is 0 Å². The van der Waals surface area contributed by atoms with Gasteiger partial charge in [-0.2, -0.15) is 5.26 Å². The van der Waals surface area contributed by atoms with Crippen LogP contribution in [0.25, 0.3) is 33.5 Å². The average Bonchev–Trinajstić information content (AvgIpc) is 2.93. The summed E-state index contributed by atoms with van der Waals surface area (Å²) in [7, 11) is 0. The summed E-state index contributed by atoms with van der Waals surface area (Å²) >= 11 is 0. The Balaban J connectivity index is 1.57. The molecule has 0 aliphatic carbocycles. The van der Waals surface area contributed by atoms with Crippen molar-refractivity contribution in [1.82, 2.24) is 24.9 Å². The molecule has 0 radical (unpaired) electrons. The molecule has 186 valence electrons. The number of nitrogen functional groups attached to an aromatic ring is 1. The van der Waals surface area contributed by atoms with Crippen molar-refractivity contribution in [3.8, 4) is 28.6 Å². The van der Waals surface area contributed by atoms with Crippen LogP contribution in [-0.4, -0.2) is 57.1 Å². The monoisotopic (exact) mass is 495 g/mol. The second-order valence-electron chi connectivity index (χ2n) is 9.16. The van der Waals surface area contributed by atoms with Crippen LogP contribution in [0.2, 0.25) is 0 Å². The van der Waals surface area contributed by atoms with Crippen LogP contribution in [0.3, 0.4) is 0 Å². The summed E-state index contributed by atoms with van der Waals surface area (Å²) in [4.78, 5) is 37.1. The second-order valence-corrected chi connectivity index (χ2v) is 9.16. The number of nitrogens with two attached hydrogens (primary N) is 1. The number of carbonyl (C=O) groups excluding carboxylic acids is 1. The largest absolute Gasteiger partial charge is 0.378 e. The predicted molar refractivity (Wildman–Crippen MR) is 139 cm³/mol. The molecule has 1 aliphatic rings. The highest BCUT2D eigenvalue weighted by Gasteiger charge is 2.27. The number of nitrogens with one attached hydrogen (secondary N) is 1. The Hall–Kier alpha value is -4.69. The van der Waals surface area contributed by atoms with Crippen molar-refractivity contribution < 1.29 is 9.53 Å². The molecular formula is C26H25N9O2. The molecule has 3 aromatic heterocycles. The van der Waals surface area contributed by atoms with Gasteiger partial charge in [-0.1, -0.05) is 12.1 Å². The normalized spacial score (nSPS) is 13.8. The third kappa shape index (κ3) is 5.00. The van der Waals surface area contributed by atoms with E-state index in [1.807, 2.05) is 30.3 Å². The Labute approximate surface area is 213 Å². The third-order valence-corrected chi connectivity index (χ3v) is 6.06. The van der Waals surface area contributed by atoms with Crippen LogP contribution in [0.5, 0.6) is 0 Å². The van der Waals surface area contributed by atoms with E-state index in [9.17, 15) is 10.1 Å². The molecule has 11 nitrogen and oxygen atoms in total. The second kappa shape index (κ2) is 9.75. The summed E-state index contributed by atoms with van der Waals surface area (Å²) in [6.07, 6.45) is 4.96. The van der Waals surface area contributed by atoms with Gasteiger partial charge in [0.2, 0.25) is 11.9 Å². The number of ether oxygens (including phenoxy) is 1. The smallest absolute Gasteiger partial charge is 0.244 e. The first-order valence-corrected chi connectivity index (χ1v) is 11.8. The number of rotatable bonds is 5. The summed E-state index contributed by atoms with van der Waals surface area (Å²) in [6, 6.07) is 11.3. The molecule has 1 aromatic carbocycles. The Kier molecular flexibility index (Phi) is 6.33. The van der Waals surface area contributed by atoms with E-state index in [0.29, 0.717) is 60.2 Å². The summed E-state index contributed by atoms with van der Waals surface area (Å²) in [5.41, 5.74) is 8.72. The number of nitriles is 1. The molecule has 1 amide bonds. The lowest BCUT2D eigenvalue weighted by Gasteiger charge is -2.28. The van der Waals surface area contributed by atoms with E-state index in [1.165, 1.54) is 0 Å². The first-order chi connectivity index (χ1) is 17.8. The molecule has 4 aromatic rings. The van der Waals surface area contributed by atoms with Crippen LogP contribution in [0.4, 0.5) is 17.5 Å². The number of amides is 1. The lowest BCUT2D eigenvalue weighted by Crippen LogP contribution is -2.37. The van der Waals surface area contributed by atoms with Crippen molar-refractivity contribution in [3.05, 3.63) is 48.9 Å². The average molecular weight is 496 g/mol. The molecule has 11 heteroatoms. The predicted octanol–water partition coefficient (Wildman–Crippen LogP) is 3.06. The molecule has 0 spiro atoms. The highest BCUT2D eigenvalue weighted by Crippen LogP contribution is 2.31. The SMILES string of the molecule is CC(C)(C#N)C(=O)Nc1cccc(-c2cnc3c(N4CCOCC4)nc(-c4cnc(N)nc4)nc3c2)c1. The van der Waals surface area contributed by atoms with Gasteiger partial charge >= 0.3 is 0 Å². The first-order valence-electron chi connectivity index (χ1n) is 11.8. The van der Waals surface area contributed by atoms with Crippen LogP contribution in [-0.2, 0) is 9.53 Å². The number of carbonyl (C=O) groups is 1. The Bertz CT molecular complexity index is 1510. The van der Waals surface area contributed by atoms with Crippen molar-refractivity contribution in [1.29, 1.82) is 5.26 Å². The molecule has 0 bridgehead atoms. The summed E-state index contributed by atoms with van der Waals surface area (Å²) in [5, 5.41) is 12.1. The minimum Gasteiger partial charge on any atom is -0.378 e. The lowest BCUT2D eigenvalue weighted by atomic mass is 9.94. The third-order valence-electron chi connectivity index (χ3n) is 6.06. The van der Waals surface area contributed by atoms with E-state index in [2.05, 4.69) is 20.2 Å². The molecule has 1 aliphatic heterocycles. The van der Waals surface area contributed by atoms with E-state index in [1.54, 1.807) is 38.5 Å². The van der Waals surface area contributed by atoms with Gasteiger partial charge in [0.1, 0.15) is 10.9 Å². The van der Waals surface area contributed by atoms with Crippen LogP contribution in [0, 0.1) is 16.7 Å². The zero-order chi connectivity index (χ0) is 26.0. The molecule has 1 fully saturated rings. The maximum atomic E-state index is 12.5.